The van der Waals surface area contributed by atoms with E-state index in [1.54, 1.807) is 24.3 Å². The molecule has 0 aliphatic heterocycles. The minimum Gasteiger partial charge on any atom is -0.478 e. The van der Waals surface area contributed by atoms with Gasteiger partial charge in [0.15, 0.2) is 0 Å². The largest absolute Gasteiger partial charge is 0.478 e. The highest BCUT2D eigenvalue weighted by molar-refractivity contribution is 7.20. The molecule has 3 aromatic rings. The lowest BCUT2D eigenvalue weighted by molar-refractivity contribution is 0.0696. The van der Waals surface area contributed by atoms with Gasteiger partial charge in [-0.15, -0.1) is 11.3 Å². The number of thiophene rings is 1. The first-order valence-corrected chi connectivity index (χ1v) is 7.64. The molecule has 3 rings (SSSR count). The quantitative estimate of drug-likeness (QED) is 0.767. The van der Waals surface area contributed by atoms with Crippen molar-refractivity contribution >= 4 is 33.3 Å². The van der Waals surface area contributed by atoms with E-state index in [1.807, 2.05) is 0 Å². The third kappa shape index (κ3) is 3.37. The van der Waals surface area contributed by atoms with Gasteiger partial charge < -0.3 is 10.4 Å². The van der Waals surface area contributed by atoms with Crippen LogP contribution in [0, 0.1) is 5.82 Å². The Bertz CT molecular complexity index is 886. The van der Waals surface area contributed by atoms with Gasteiger partial charge >= 0.3 is 5.97 Å². The summed E-state index contributed by atoms with van der Waals surface area (Å²) in [6, 6.07) is 12.4. The molecule has 1 amide bonds. The zero-order valence-electron chi connectivity index (χ0n) is 11.9. The number of hydrogen-bond acceptors (Lipinski definition) is 3. The van der Waals surface area contributed by atoms with Crippen LogP contribution >= 0.6 is 11.3 Å². The van der Waals surface area contributed by atoms with E-state index in [4.69, 9.17) is 5.11 Å². The maximum Gasteiger partial charge on any atom is 0.335 e. The molecule has 1 aromatic heterocycles. The molecule has 2 aromatic carbocycles. The topological polar surface area (TPSA) is 66.4 Å². The van der Waals surface area contributed by atoms with Crippen molar-refractivity contribution in [3.8, 4) is 0 Å². The SMILES string of the molecule is O=C(O)c1ccc(CNC(=O)c2cc3cc(F)ccc3s2)cc1. The molecule has 0 atom stereocenters. The van der Waals surface area contributed by atoms with E-state index >= 15 is 0 Å². The third-order valence-electron chi connectivity index (χ3n) is 3.36. The maximum absolute atomic E-state index is 13.2. The van der Waals surface area contributed by atoms with E-state index in [9.17, 15) is 14.0 Å². The van der Waals surface area contributed by atoms with Gasteiger partial charge in [0.25, 0.3) is 5.91 Å². The van der Waals surface area contributed by atoms with Crippen LogP contribution in [0.4, 0.5) is 4.39 Å². The first kappa shape index (κ1) is 15.2. The summed E-state index contributed by atoms with van der Waals surface area (Å²) >= 11 is 1.30. The average Bonchev–Trinajstić information content (AvgIpc) is 2.96. The van der Waals surface area contributed by atoms with E-state index in [1.165, 1.54) is 35.6 Å². The highest BCUT2D eigenvalue weighted by atomic mass is 32.1. The number of carboxylic acid groups (broad SMARTS) is 1. The van der Waals surface area contributed by atoms with Gasteiger partial charge in [-0.1, -0.05) is 12.1 Å². The Morgan fingerprint density at radius 3 is 2.52 bits per heavy atom. The minimum absolute atomic E-state index is 0.201. The molecule has 0 fully saturated rings. The van der Waals surface area contributed by atoms with Crippen molar-refractivity contribution in [1.82, 2.24) is 5.32 Å². The number of fused-ring (bicyclic) bond motifs is 1. The number of carboxylic acids is 1. The molecule has 0 spiro atoms. The van der Waals surface area contributed by atoms with E-state index in [0.717, 1.165) is 10.3 Å². The van der Waals surface area contributed by atoms with Crippen LogP contribution in [0.25, 0.3) is 10.1 Å². The molecule has 2 N–H and O–H groups in total. The van der Waals surface area contributed by atoms with Gasteiger partial charge in [-0.25, -0.2) is 9.18 Å². The fraction of sp³-hybridized carbons (Fsp3) is 0.0588. The molecular formula is C17H12FNO3S. The van der Waals surface area contributed by atoms with Crippen molar-refractivity contribution in [3.63, 3.8) is 0 Å². The first-order valence-electron chi connectivity index (χ1n) is 6.82. The van der Waals surface area contributed by atoms with Gasteiger partial charge in [0.1, 0.15) is 5.82 Å². The second kappa shape index (κ2) is 6.18. The molecule has 0 saturated carbocycles. The highest BCUT2D eigenvalue weighted by Gasteiger charge is 2.11. The van der Waals surface area contributed by atoms with E-state index in [2.05, 4.69) is 5.32 Å². The normalized spacial score (nSPS) is 10.7. The van der Waals surface area contributed by atoms with Crippen molar-refractivity contribution < 1.29 is 19.1 Å². The number of hydrogen-bond donors (Lipinski definition) is 2. The van der Waals surface area contributed by atoms with Gasteiger partial charge in [0.05, 0.1) is 10.4 Å². The Hall–Kier alpha value is -2.73. The summed E-state index contributed by atoms with van der Waals surface area (Å²) in [5, 5.41) is 12.3. The number of nitrogens with one attached hydrogen (secondary N) is 1. The van der Waals surface area contributed by atoms with E-state index < -0.39 is 5.97 Å². The standard InChI is InChI=1S/C17H12FNO3S/c18-13-5-6-14-12(7-13)8-15(23-14)16(20)19-9-10-1-3-11(4-2-10)17(21)22/h1-8H,9H2,(H,19,20)(H,21,22). The molecule has 23 heavy (non-hydrogen) atoms. The summed E-state index contributed by atoms with van der Waals surface area (Å²) < 4.78 is 14.0. The summed E-state index contributed by atoms with van der Waals surface area (Å²) in [4.78, 5) is 23.4. The number of aromatic carboxylic acids is 1. The lowest BCUT2D eigenvalue weighted by atomic mass is 10.1. The third-order valence-corrected chi connectivity index (χ3v) is 4.47. The van der Waals surface area contributed by atoms with Crippen molar-refractivity contribution in [2.45, 2.75) is 6.54 Å². The van der Waals surface area contributed by atoms with Crippen LogP contribution in [-0.2, 0) is 6.54 Å². The lowest BCUT2D eigenvalue weighted by Crippen LogP contribution is -2.21. The summed E-state index contributed by atoms with van der Waals surface area (Å²) in [6.45, 7) is 0.293. The molecule has 4 nitrogen and oxygen atoms in total. The highest BCUT2D eigenvalue weighted by Crippen LogP contribution is 2.26. The molecular weight excluding hydrogens is 317 g/mol. The number of carbonyl (C=O) groups is 2. The lowest BCUT2D eigenvalue weighted by Gasteiger charge is -2.04. The first-order chi connectivity index (χ1) is 11.0. The van der Waals surface area contributed by atoms with Crippen molar-refractivity contribution in [1.29, 1.82) is 0 Å². The zero-order chi connectivity index (χ0) is 16.4. The summed E-state index contributed by atoms with van der Waals surface area (Å²) in [7, 11) is 0. The van der Waals surface area contributed by atoms with Crippen LogP contribution in [-0.4, -0.2) is 17.0 Å². The number of rotatable bonds is 4. The van der Waals surface area contributed by atoms with Gasteiger partial charge in [-0.05, 0) is 47.3 Å². The molecule has 0 saturated heterocycles. The molecule has 0 aliphatic carbocycles. The number of amides is 1. The fourth-order valence-electron chi connectivity index (χ4n) is 2.16. The Kier molecular flexibility index (Phi) is 4.08. The summed E-state index contributed by atoms with van der Waals surface area (Å²) in [5.41, 5.74) is 1.00. The van der Waals surface area contributed by atoms with Gasteiger partial charge in [0.2, 0.25) is 0 Å². The van der Waals surface area contributed by atoms with E-state index in [0.29, 0.717) is 16.8 Å². The van der Waals surface area contributed by atoms with Crippen LogP contribution in [0.2, 0.25) is 0 Å². The Morgan fingerprint density at radius 1 is 1.09 bits per heavy atom. The molecule has 0 unspecified atom stereocenters. The molecule has 0 bridgehead atoms. The number of carbonyl (C=O) groups excluding carboxylic acids is 1. The molecule has 6 heteroatoms. The van der Waals surface area contributed by atoms with Crippen LogP contribution in [0.5, 0.6) is 0 Å². The number of halogens is 1. The number of benzene rings is 2. The monoisotopic (exact) mass is 329 g/mol. The Morgan fingerprint density at radius 2 is 1.83 bits per heavy atom. The molecule has 116 valence electrons. The van der Waals surface area contributed by atoms with Crippen molar-refractivity contribution in [2.75, 3.05) is 0 Å². The maximum atomic E-state index is 13.2. The van der Waals surface area contributed by atoms with Crippen molar-refractivity contribution in [2.24, 2.45) is 0 Å². The molecule has 1 heterocycles. The van der Waals surface area contributed by atoms with Crippen LogP contribution in [0.1, 0.15) is 25.6 Å². The second-order valence-corrected chi connectivity index (χ2v) is 6.06. The second-order valence-electron chi connectivity index (χ2n) is 4.98. The minimum atomic E-state index is -0.988. The zero-order valence-corrected chi connectivity index (χ0v) is 12.7. The molecule has 0 radical (unpaired) electrons. The van der Waals surface area contributed by atoms with Crippen LogP contribution in [0.3, 0.4) is 0 Å². The Labute approximate surface area is 135 Å². The summed E-state index contributed by atoms with van der Waals surface area (Å²) in [5.74, 6) is -1.56. The average molecular weight is 329 g/mol. The summed E-state index contributed by atoms with van der Waals surface area (Å²) in [6.07, 6.45) is 0. The fourth-order valence-corrected chi connectivity index (χ4v) is 3.12. The molecule has 0 aliphatic rings. The van der Waals surface area contributed by atoms with Crippen LogP contribution < -0.4 is 5.32 Å². The van der Waals surface area contributed by atoms with Crippen molar-refractivity contribution in [3.05, 3.63) is 70.4 Å². The van der Waals surface area contributed by atoms with Gasteiger partial charge in [-0.3, -0.25) is 4.79 Å². The van der Waals surface area contributed by atoms with Gasteiger partial charge in [-0.2, -0.15) is 0 Å². The predicted molar refractivity (Wildman–Crippen MR) is 86.4 cm³/mol. The smallest absolute Gasteiger partial charge is 0.335 e. The van der Waals surface area contributed by atoms with E-state index in [-0.39, 0.29) is 17.3 Å². The van der Waals surface area contributed by atoms with Gasteiger partial charge in [0, 0.05) is 11.2 Å². The predicted octanol–water partition coefficient (Wildman–Crippen LogP) is 3.67. The Balaban J connectivity index is 1.69. The van der Waals surface area contributed by atoms with Crippen LogP contribution in [0.15, 0.2) is 48.5 Å².